The fraction of sp³-hybridized carbons (Fsp3) is 0.706. The van der Waals surface area contributed by atoms with Crippen molar-refractivity contribution in [2.75, 3.05) is 0 Å². The maximum atomic E-state index is 10.6. The number of unbranched alkanes of at least 4 members (excludes halogenated alkanes) is 1. The van der Waals surface area contributed by atoms with Gasteiger partial charge in [-0.25, -0.2) is 0 Å². The zero-order chi connectivity index (χ0) is 15.6. The number of hydrogen-bond donors (Lipinski definition) is 1. The van der Waals surface area contributed by atoms with Crippen molar-refractivity contribution in [1.82, 2.24) is 0 Å². The van der Waals surface area contributed by atoms with Gasteiger partial charge in [0.25, 0.3) is 0 Å². The third-order valence-corrected chi connectivity index (χ3v) is 5.34. The van der Waals surface area contributed by atoms with Gasteiger partial charge in [0.2, 0.25) is 0 Å². The molecule has 114 valence electrons. The Hall–Kier alpha value is -0.830. The topological polar surface area (TPSA) is 37.3 Å². The van der Waals surface area contributed by atoms with Crippen molar-refractivity contribution in [3.63, 3.8) is 0 Å². The van der Waals surface area contributed by atoms with Crippen LogP contribution in [0.5, 0.6) is 0 Å². The molecule has 0 radical (unpaired) electrons. The van der Waals surface area contributed by atoms with Crippen molar-refractivity contribution in [1.29, 1.82) is 0 Å². The second-order valence-electron chi connectivity index (χ2n) is 7.57. The Morgan fingerprint density at radius 1 is 1.10 bits per heavy atom. The van der Waals surface area contributed by atoms with E-state index in [4.69, 9.17) is 5.11 Å². The Balaban J connectivity index is 2.87. The van der Waals surface area contributed by atoms with Crippen LogP contribution in [-0.2, 0) is 22.0 Å². The normalized spacial score (nSPS) is 12.7. The summed E-state index contributed by atoms with van der Waals surface area (Å²) in [5.41, 5.74) is 1.76. The predicted molar refractivity (Wildman–Crippen MR) is 86.9 cm³/mol. The highest BCUT2D eigenvalue weighted by atomic mass is 32.1. The Morgan fingerprint density at radius 3 is 2.15 bits per heavy atom. The number of aliphatic carboxylic acids is 1. The maximum absolute atomic E-state index is 10.6. The van der Waals surface area contributed by atoms with E-state index in [1.165, 1.54) is 15.3 Å². The summed E-state index contributed by atoms with van der Waals surface area (Å²) >= 11 is 1.92. The SMILES string of the molecule is CC(C)(C)c1cc(CCCCC(=O)O)c(C(C)(C)C)s1. The second-order valence-corrected chi connectivity index (χ2v) is 8.62. The van der Waals surface area contributed by atoms with E-state index in [1.54, 1.807) is 0 Å². The summed E-state index contributed by atoms with van der Waals surface area (Å²) in [5.74, 6) is -0.693. The minimum absolute atomic E-state index is 0.163. The highest BCUT2D eigenvalue weighted by Gasteiger charge is 2.25. The highest BCUT2D eigenvalue weighted by Crippen LogP contribution is 2.39. The standard InChI is InChI=1S/C17H28O2S/c1-16(2,3)13-11-12(9-7-8-10-14(18)19)15(20-13)17(4,5)6/h11H,7-10H2,1-6H3,(H,18,19). The minimum atomic E-state index is -0.693. The second kappa shape index (κ2) is 6.30. The molecular formula is C17H28O2S. The lowest BCUT2D eigenvalue weighted by Crippen LogP contribution is -2.11. The van der Waals surface area contributed by atoms with Gasteiger partial charge in [-0.05, 0) is 41.7 Å². The molecule has 0 saturated carbocycles. The van der Waals surface area contributed by atoms with Crippen LogP contribution in [0.1, 0.15) is 76.1 Å². The first-order chi connectivity index (χ1) is 9.01. The lowest BCUT2D eigenvalue weighted by atomic mass is 9.88. The molecule has 0 spiro atoms. The van der Waals surface area contributed by atoms with E-state index in [1.807, 2.05) is 11.3 Å². The molecule has 1 rings (SSSR count). The number of aryl methyl sites for hydroxylation is 1. The molecule has 1 N–H and O–H groups in total. The van der Waals surface area contributed by atoms with Gasteiger partial charge in [0.15, 0.2) is 0 Å². The molecule has 20 heavy (non-hydrogen) atoms. The van der Waals surface area contributed by atoms with E-state index in [0.29, 0.717) is 0 Å². The van der Waals surface area contributed by atoms with Crippen LogP contribution in [0.4, 0.5) is 0 Å². The van der Waals surface area contributed by atoms with Crippen molar-refractivity contribution < 1.29 is 9.90 Å². The predicted octanol–water partition coefficient (Wildman–Crippen LogP) is 5.14. The van der Waals surface area contributed by atoms with E-state index in [-0.39, 0.29) is 17.3 Å². The molecule has 0 aliphatic heterocycles. The molecule has 1 heterocycles. The molecule has 0 atom stereocenters. The molecule has 3 heteroatoms. The Kier molecular flexibility index (Phi) is 5.42. The Bertz CT molecular complexity index is 458. The molecular weight excluding hydrogens is 268 g/mol. The van der Waals surface area contributed by atoms with Crippen molar-refractivity contribution >= 4 is 17.3 Å². The van der Waals surface area contributed by atoms with Crippen LogP contribution in [0.15, 0.2) is 6.07 Å². The lowest BCUT2D eigenvalue weighted by Gasteiger charge is -2.19. The number of rotatable bonds is 5. The van der Waals surface area contributed by atoms with Crippen LogP contribution in [0.2, 0.25) is 0 Å². The summed E-state index contributed by atoms with van der Waals surface area (Å²) in [6, 6.07) is 2.34. The average molecular weight is 296 g/mol. The summed E-state index contributed by atoms with van der Waals surface area (Å²) < 4.78 is 0. The summed E-state index contributed by atoms with van der Waals surface area (Å²) in [4.78, 5) is 13.5. The van der Waals surface area contributed by atoms with Gasteiger partial charge in [-0.3, -0.25) is 4.79 Å². The molecule has 0 amide bonds. The quantitative estimate of drug-likeness (QED) is 0.764. The lowest BCUT2D eigenvalue weighted by molar-refractivity contribution is -0.137. The number of carbonyl (C=O) groups is 1. The van der Waals surface area contributed by atoms with Crippen LogP contribution >= 0.6 is 11.3 Å². The molecule has 0 bridgehead atoms. The van der Waals surface area contributed by atoms with E-state index >= 15 is 0 Å². The van der Waals surface area contributed by atoms with Crippen LogP contribution in [-0.4, -0.2) is 11.1 Å². The molecule has 0 aliphatic carbocycles. The van der Waals surface area contributed by atoms with Crippen molar-refractivity contribution in [3.05, 3.63) is 21.4 Å². The molecule has 0 unspecified atom stereocenters. The van der Waals surface area contributed by atoms with Gasteiger partial charge in [-0.1, -0.05) is 41.5 Å². The summed E-state index contributed by atoms with van der Waals surface area (Å²) in [6.07, 6.45) is 2.99. The first-order valence-corrected chi connectivity index (χ1v) is 8.19. The fourth-order valence-corrected chi connectivity index (χ4v) is 3.54. The summed E-state index contributed by atoms with van der Waals surface area (Å²) in [6.45, 7) is 13.5. The van der Waals surface area contributed by atoms with Gasteiger partial charge in [0, 0.05) is 16.2 Å². The number of thiophene rings is 1. The zero-order valence-corrected chi connectivity index (χ0v) is 14.5. The molecule has 0 aliphatic rings. The zero-order valence-electron chi connectivity index (χ0n) is 13.7. The number of carboxylic acids is 1. The highest BCUT2D eigenvalue weighted by molar-refractivity contribution is 7.12. The third kappa shape index (κ3) is 4.93. The largest absolute Gasteiger partial charge is 0.481 e. The van der Waals surface area contributed by atoms with Crippen LogP contribution in [0, 0.1) is 0 Å². The van der Waals surface area contributed by atoms with Gasteiger partial charge >= 0.3 is 5.97 Å². The fourth-order valence-electron chi connectivity index (χ4n) is 2.21. The molecule has 1 aromatic heterocycles. The van der Waals surface area contributed by atoms with E-state index < -0.39 is 5.97 Å². The molecule has 0 fully saturated rings. The smallest absolute Gasteiger partial charge is 0.303 e. The Labute approximate surface area is 127 Å². The summed E-state index contributed by atoms with van der Waals surface area (Å²) in [5, 5.41) is 8.71. The van der Waals surface area contributed by atoms with E-state index in [0.717, 1.165) is 19.3 Å². The number of carboxylic acid groups (broad SMARTS) is 1. The van der Waals surface area contributed by atoms with Gasteiger partial charge in [0.05, 0.1) is 0 Å². The minimum Gasteiger partial charge on any atom is -0.481 e. The van der Waals surface area contributed by atoms with Gasteiger partial charge < -0.3 is 5.11 Å². The first-order valence-electron chi connectivity index (χ1n) is 7.37. The van der Waals surface area contributed by atoms with Crippen LogP contribution in [0.25, 0.3) is 0 Å². The van der Waals surface area contributed by atoms with Gasteiger partial charge in [-0.2, -0.15) is 0 Å². The van der Waals surface area contributed by atoms with Gasteiger partial charge in [0.1, 0.15) is 0 Å². The molecule has 0 saturated heterocycles. The van der Waals surface area contributed by atoms with E-state index in [9.17, 15) is 4.79 Å². The van der Waals surface area contributed by atoms with Crippen LogP contribution in [0.3, 0.4) is 0 Å². The average Bonchev–Trinajstić information content (AvgIpc) is 2.67. The number of hydrogen-bond acceptors (Lipinski definition) is 2. The maximum Gasteiger partial charge on any atom is 0.303 e. The molecule has 0 aromatic carbocycles. The van der Waals surface area contributed by atoms with Crippen molar-refractivity contribution in [2.24, 2.45) is 0 Å². The molecule has 1 aromatic rings. The molecule has 2 nitrogen and oxygen atoms in total. The Morgan fingerprint density at radius 2 is 1.70 bits per heavy atom. The van der Waals surface area contributed by atoms with Gasteiger partial charge in [-0.15, -0.1) is 11.3 Å². The van der Waals surface area contributed by atoms with Crippen molar-refractivity contribution in [2.45, 2.75) is 78.1 Å². The van der Waals surface area contributed by atoms with E-state index in [2.05, 4.69) is 47.6 Å². The summed E-state index contributed by atoms with van der Waals surface area (Å²) in [7, 11) is 0. The van der Waals surface area contributed by atoms with Crippen LogP contribution < -0.4 is 0 Å². The first kappa shape index (κ1) is 17.2. The van der Waals surface area contributed by atoms with Crippen molar-refractivity contribution in [3.8, 4) is 0 Å². The third-order valence-electron chi connectivity index (χ3n) is 3.32. The monoisotopic (exact) mass is 296 g/mol.